The van der Waals surface area contributed by atoms with Crippen molar-refractivity contribution in [3.05, 3.63) is 30.1 Å². The maximum absolute atomic E-state index is 12.2. The van der Waals surface area contributed by atoms with E-state index in [0.29, 0.717) is 10.8 Å². The van der Waals surface area contributed by atoms with Gasteiger partial charge in [-0.2, -0.15) is 0 Å². The topological polar surface area (TPSA) is 85.8 Å². The highest BCUT2D eigenvalue weighted by molar-refractivity contribution is 8.00. The number of amides is 1. The van der Waals surface area contributed by atoms with Crippen LogP contribution in [0.3, 0.4) is 0 Å². The van der Waals surface area contributed by atoms with Crippen LogP contribution in [-0.4, -0.2) is 25.9 Å². The summed E-state index contributed by atoms with van der Waals surface area (Å²) in [6.07, 6.45) is 1.61. The van der Waals surface area contributed by atoms with Crippen LogP contribution in [0, 0.1) is 6.92 Å². The van der Waals surface area contributed by atoms with E-state index in [-0.39, 0.29) is 11.2 Å². The number of nitrogens with zero attached hydrogens (tertiary/aromatic N) is 3. The Bertz CT molecular complexity index is 625. The number of carbonyl (C=O) groups is 1. The Balaban J connectivity index is 2.02. The molecule has 0 saturated carbocycles. The molecule has 2 aromatic rings. The average molecular weight is 291 g/mol. The first-order valence-corrected chi connectivity index (χ1v) is 7.03. The zero-order chi connectivity index (χ0) is 14.7. The minimum absolute atomic E-state index is 0.0779. The van der Waals surface area contributed by atoms with Gasteiger partial charge in [-0.1, -0.05) is 11.8 Å². The number of hydrogen-bond donors (Lipinski definition) is 2. The molecular formula is C13H17N5OS. The second-order valence-corrected chi connectivity index (χ2v) is 5.86. The Morgan fingerprint density at radius 2 is 2.25 bits per heavy atom. The number of benzene rings is 1. The maximum Gasteiger partial charge on any atom is 0.237 e. The number of aromatic nitrogens is 3. The fourth-order valence-corrected chi connectivity index (χ4v) is 2.44. The molecule has 0 aliphatic rings. The summed E-state index contributed by atoms with van der Waals surface area (Å²) in [7, 11) is 1.84. The van der Waals surface area contributed by atoms with Crippen LogP contribution in [0.4, 0.5) is 11.4 Å². The fourth-order valence-electron chi connectivity index (χ4n) is 1.65. The number of anilines is 2. The second-order valence-electron chi connectivity index (χ2n) is 4.55. The van der Waals surface area contributed by atoms with Crippen molar-refractivity contribution in [1.29, 1.82) is 0 Å². The van der Waals surface area contributed by atoms with Crippen molar-refractivity contribution in [2.75, 3.05) is 11.1 Å². The molecule has 0 radical (unpaired) electrons. The maximum atomic E-state index is 12.2. The van der Waals surface area contributed by atoms with E-state index < -0.39 is 0 Å². The van der Waals surface area contributed by atoms with Gasteiger partial charge in [0.15, 0.2) is 5.16 Å². The third-order valence-electron chi connectivity index (χ3n) is 2.83. The normalized spacial score (nSPS) is 12.2. The molecule has 6 nitrogen and oxygen atoms in total. The Morgan fingerprint density at radius 3 is 2.85 bits per heavy atom. The van der Waals surface area contributed by atoms with Gasteiger partial charge in [0.05, 0.1) is 5.25 Å². The van der Waals surface area contributed by atoms with Crippen LogP contribution >= 0.6 is 11.8 Å². The van der Waals surface area contributed by atoms with Gasteiger partial charge in [0.2, 0.25) is 5.91 Å². The number of thioether (sulfide) groups is 1. The van der Waals surface area contributed by atoms with Crippen molar-refractivity contribution in [2.24, 2.45) is 7.05 Å². The summed E-state index contributed by atoms with van der Waals surface area (Å²) in [5, 5.41) is 11.1. The summed E-state index contributed by atoms with van der Waals surface area (Å²) < 4.78 is 1.78. The first-order valence-electron chi connectivity index (χ1n) is 6.15. The molecule has 1 heterocycles. The van der Waals surface area contributed by atoms with Gasteiger partial charge in [0.1, 0.15) is 6.33 Å². The van der Waals surface area contributed by atoms with Gasteiger partial charge >= 0.3 is 0 Å². The summed E-state index contributed by atoms with van der Waals surface area (Å²) in [4.78, 5) is 12.2. The van der Waals surface area contributed by atoms with Crippen molar-refractivity contribution >= 4 is 29.0 Å². The fraction of sp³-hybridized carbons (Fsp3) is 0.308. The van der Waals surface area contributed by atoms with Crippen molar-refractivity contribution in [3.63, 3.8) is 0 Å². The van der Waals surface area contributed by atoms with Crippen molar-refractivity contribution < 1.29 is 4.79 Å². The van der Waals surface area contributed by atoms with E-state index in [1.54, 1.807) is 17.0 Å². The van der Waals surface area contributed by atoms with E-state index in [9.17, 15) is 4.79 Å². The van der Waals surface area contributed by atoms with Crippen molar-refractivity contribution in [1.82, 2.24) is 14.8 Å². The van der Waals surface area contributed by atoms with E-state index in [2.05, 4.69) is 15.5 Å². The Hall–Kier alpha value is -2.02. The number of nitrogens with one attached hydrogen (secondary N) is 1. The minimum atomic E-state index is -0.269. The second kappa shape index (κ2) is 5.96. The lowest BCUT2D eigenvalue weighted by molar-refractivity contribution is -0.115. The van der Waals surface area contributed by atoms with Crippen LogP contribution in [0.5, 0.6) is 0 Å². The summed E-state index contributed by atoms with van der Waals surface area (Å²) in [6, 6.07) is 5.40. The Kier molecular flexibility index (Phi) is 4.29. The van der Waals surface area contributed by atoms with Gasteiger partial charge in [-0.3, -0.25) is 4.79 Å². The van der Waals surface area contributed by atoms with Crippen molar-refractivity contribution in [3.8, 4) is 0 Å². The molecule has 3 N–H and O–H groups in total. The quantitative estimate of drug-likeness (QED) is 0.663. The molecule has 0 fully saturated rings. The van der Waals surface area contributed by atoms with Gasteiger partial charge in [-0.15, -0.1) is 10.2 Å². The van der Waals surface area contributed by atoms with E-state index in [1.165, 1.54) is 11.8 Å². The molecule has 2 rings (SSSR count). The molecule has 1 unspecified atom stereocenters. The molecule has 0 aliphatic carbocycles. The van der Waals surface area contributed by atoms with Crippen LogP contribution in [0.1, 0.15) is 12.5 Å². The number of carbonyl (C=O) groups excluding carboxylic acids is 1. The molecule has 1 aromatic heterocycles. The van der Waals surface area contributed by atoms with Gasteiger partial charge in [0.25, 0.3) is 0 Å². The molecular weight excluding hydrogens is 274 g/mol. The third-order valence-corrected chi connectivity index (χ3v) is 3.98. The average Bonchev–Trinajstić information content (AvgIpc) is 2.78. The van der Waals surface area contributed by atoms with Crippen molar-refractivity contribution in [2.45, 2.75) is 24.3 Å². The molecule has 1 atom stereocenters. The van der Waals surface area contributed by atoms with Crippen LogP contribution in [0.25, 0.3) is 0 Å². The summed E-state index contributed by atoms with van der Waals surface area (Å²) >= 11 is 1.37. The Labute approximate surface area is 121 Å². The van der Waals surface area contributed by atoms with Gasteiger partial charge in [-0.05, 0) is 37.6 Å². The molecule has 1 amide bonds. The summed E-state index contributed by atoms with van der Waals surface area (Å²) in [6.45, 7) is 3.74. The Morgan fingerprint density at radius 1 is 1.50 bits per heavy atom. The lowest BCUT2D eigenvalue weighted by Gasteiger charge is -2.13. The number of nitrogen functional groups attached to an aromatic ring is 1. The predicted molar refractivity (Wildman–Crippen MR) is 80.5 cm³/mol. The van der Waals surface area contributed by atoms with Crippen LogP contribution in [-0.2, 0) is 11.8 Å². The highest BCUT2D eigenvalue weighted by atomic mass is 32.2. The molecule has 0 bridgehead atoms. The van der Waals surface area contributed by atoms with Crippen LogP contribution < -0.4 is 11.1 Å². The van der Waals surface area contributed by atoms with Crippen LogP contribution in [0.15, 0.2) is 29.7 Å². The third kappa shape index (κ3) is 3.30. The number of hydrogen-bond acceptors (Lipinski definition) is 5. The smallest absolute Gasteiger partial charge is 0.237 e. The SMILES string of the molecule is Cc1cc(N)ccc1NC(=O)C(C)Sc1nncn1C. The van der Waals surface area contributed by atoms with E-state index in [1.807, 2.05) is 33.0 Å². The predicted octanol–water partition coefficient (Wildman–Crippen LogP) is 1.83. The molecule has 1 aromatic carbocycles. The lowest BCUT2D eigenvalue weighted by Crippen LogP contribution is -2.23. The minimum Gasteiger partial charge on any atom is -0.399 e. The zero-order valence-electron chi connectivity index (χ0n) is 11.6. The molecule has 7 heteroatoms. The van der Waals surface area contributed by atoms with Gasteiger partial charge < -0.3 is 15.6 Å². The van der Waals surface area contributed by atoms with Gasteiger partial charge in [0, 0.05) is 18.4 Å². The molecule has 0 saturated heterocycles. The van der Waals surface area contributed by atoms with Crippen LogP contribution in [0.2, 0.25) is 0 Å². The zero-order valence-corrected chi connectivity index (χ0v) is 12.4. The standard InChI is InChI=1S/C13H17N5OS/c1-8-6-10(14)4-5-11(8)16-12(19)9(2)20-13-17-15-7-18(13)3/h4-7,9H,14H2,1-3H3,(H,16,19). The first kappa shape index (κ1) is 14.4. The number of aryl methyl sites for hydroxylation is 2. The van der Waals surface area contributed by atoms with Gasteiger partial charge in [-0.25, -0.2) is 0 Å². The lowest BCUT2D eigenvalue weighted by atomic mass is 10.2. The molecule has 0 aliphatic heterocycles. The highest BCUT2D eigenvalue weighted by Crippen LogP contribution is 2.23. The summed E-state index contributed by atoms with van der Waals surface area (Å²) in [5.74, 6) is -0.0779. The summed E-state index contributed by atoms with van der Waals surface area (Å²) in [5.41, 5.74) is 8.08. The van der Waals surface area contributed by atoms with E-state index >= 15 is 0 Å². The largest absolute Gasteiger partial charge is 0.399 e. The molecule has 106 valence electrons. The molecule has 0 spiro atoms. The molecule has 20 heavy (non-hydrogen) atoms. The van der Waals surface area contributed by atoms with E-state index in [0.717, 1.165) is 11.3 Å². The monoisotopic (exact) mass is 291 g/mol. The number of rotatable bonds is 4. The van der Waals surface area contributed by atoms with E-state index in [4.69, 9.17) is 5.73 Å². The highest BCUT2D eigenvalue weighted by Gasteiger charge is 2.17. The number of nitrogens with two attached hydrogens (primary N) is 1. The first-order chi connectivity index (χ1) is 9.47.